The fraction of sp³-hybridized carbons (Fsp3) is 0.308. The van der Waals surface area contributed by atoms with E-state index >= 15 is 0 Å². The van der Waals surface area contributed by atoms with Crippen LogP contribution in [-0.4, -0.2) is 9.55 Å². The average molecular weight is 231 g/mol. The molecule has 0 aliphatic carbocycles. The highest BCUT2D eigenvalue weighted by Crippen LogP contribution is 2.20. The van der Waals surface area contributed by atoms with Gasteiger partial charge in [0, 0.05) is 26.0 Å². The summed E-state index contributed by atoms with van der Waals surface area (Å²) in [5.74, 6) is 1.74. The lowest BCUT2D eigenvalue weighted by molar-refractivity contribution is 0.212. The van der Waals surface area contributed by atoms with Gasteiger partial charge in [-0.05, 0) is 24.6 Å². The van der Waals surface area contributed by atoms with Crippen LogP contribution in [-0.2, 0) is 13.6 Å². The van der Waals surface area contributed by atoms with Crippen molar-refractivity contribution >= 4 is 0 Å². The van der Waals surface area contributed by atoms with Gasteiger partial charge in [0.1, 0.15) is 11.6 Å². The smallest absolute Gasteiger partial charge is 0.153 e. The van der Waals surface area contributed by atoms with Crippen molar-refractivity contribution in [1.29, 1.82) is 0 Å². The zero-order valence-electron chi connectivity index (χ0n) is 10.1. The molecule has 1 heterocycles. The molecule has 0 saturated heterocycles. The second-order valence-corrected chi connectivity index (χ2v) is 4.00. The third-order valence-corrected chi connectivity index (χ3v) is 2.69. The molecule has 90 valence electrons. The second kappa shape index (κ2) is 5.01. The normalized spacial score (nSPS) is 12.4. The van der Waals surface area contributed by atoms with E-state index in [2.05, 4.69) is 4.98 Å². The maximum atomic E-state index is 5.81. The van der Waals surface area contributed by atoms with E-state index in [0.717, 1.165) is 17.1 Å². The van der Waals surface area contributed by atoms with Crippen molar-refractivity contribution < 1.29 is 4.74 Å². The van der Waals surface area contributed by atoms with Gasteiger partial charge in [0.2, 0.25) is 0 Å². The molecule has 0 aliphatic rings. The van der Waals surface area contributed by atoms with Crippen LogP contribution < -0.4 is 10.5 Å². The van der Waals surface area contributed by atoms with Crippen molar-refractivity contribution in [2.45, 2.75) is 19.6 Å². The monoisotopic (exact) mass is 231 g/mol. The van der Waals surface area contributed by atoms with Gasteiger partial charge in [0.15, 0.2) is 6.10 Å². The Hall–Kier alpha value is -1.81. The van der Waals surface area contributed by atoms with Gasteiger partial charge in [0.25, 0.3) is 0 Å². The number of imidazole rings is 1. The molecule has 0 bridgehead atoms. The predicted molar refractivity (Wildman–Crippen MR) is 66.6 cm³/mol. The summed E-state index contributed by atoms with van der Waals surface area (Å²) < 4.78 is 7.77. The van der Waals surface area contributed by atoms with Crippen LogP contribution in [0.5, 0.6) is 5.75 Å². The van der Waals surface area contributed by atoms with E-state index in [1.54, 1.807) is 6.20 Å². The van der Waals surface area contributed by atoms with Crippen molar-refractivity contribution in [3.63, 3.8) is 0 Å². The summed E-state index contributed by atoms with van der Waals surface area (Å²) in [6.07, 6.45) is 3.61. The van der Waals surface area contributed by atoms with Crippen molar-refractivity contribution in [3.8, 4) is 5.75 Å². The quantitative estimate of drug-likeness (QED) is 0.875. The first-order valence-corrected chi connectivity index (χ1v) is 5.63. The Labute approximate surface area is 101 Å². The first-order valence-electron chi connectivity index (χ1n) is 5.63. The number of nitrogens with zero attached hydrogens (tertiary/aromatic N) is 2. The molecule has 2 N–H and O–H groups in total. The van der Waals surface area contributed by atoms with Gasteiger partial charge in [-0.1, -0.05) is 12.1 Å². The van der Waals surface area contributed by atoms with Gasteiger partial charge in [-0.3, -0.25) is 0 Å². The summed E-state index contributed by atoms with van der Waals surface area (Å²) in [7, 11) is 1.96. The Balaban J connectivity index is 2.07. The molecule has 2 aromatic rings. The fourth-order valence-electron chi connectivity index (χ4n) is 1.73. The molecule has 0 spiro atoms. The fourth-order valence-corrected chi connectivity index (χ4v) is 1.73. The van der Waals surface area contributed by atoms with Crippen molar-refractivity contribution in [2.75, 3.05) is 0 Å². The Morgan fingerprint density at radius 3 is 2.59 bits per heavy atom. The lowest BCUT2D eigenvalue weighted by Crippen LogP contribution is -2.09. The van der Waals surface area contributed by atoms with E-state index in [-0.39, 0.29) is 6.10 Å². The maximum absolute atomic E-state index is 5.81. The topological polar surface area (TPSA) is 53.1 Å². The van der Waals surface area contributed by atoms with Crippen LogP contribution in [0.4, 0.5) is 0 Å². The molecule has 17 heavy (non-hydrogen) atoms. The lowest BCUT2D eigenvalue weighted by atomic mass is 10.2. The standard InChI is InChI=1S/C13H17N3O/c1-10(13-15-7-8-16(13)2)17-12-5-3-11(9-14)4-6-12/h3-8,10H,9,14H2,1-2H3. The summed E-state index contributed by atoms with van der Waals surface area (Å²) in [5.41, 5.74) is 6.64. The Kier molecular flexibility index (Phi) is 3.44. The van der Waals surface area contributed by atoms with Crippen LogP contribution in [0.1, 0.15) is 24.4 Å². The van der Waals surface area contributed by atoms with Gasteiger partial charge in [0.05, 0.1) is 0 Å². The number of hydrogen-bond acceptors (Lipinski definition) is 3. The minimum Gasteiger partial charge on any atom is -0.483 e. The molecular weight excluding hydrogens is 214 g/mol. The van der Waals surface area contributed by atoms with E-state index in [0.29, 0.717) is 6.54 Å². The molecule has 0 saturated carbocycles. The van der Waals surface area contributed by atoms with Gasteiger partial charge >= 0.3 is 0 Å². The second-order valence-electron chi connectivity index (χ2n) is 4.00. The van der Waals surface area contributed by atoms with Gasteiger partial charge in [-0.2, -0.15) is 0 Å². The van der Waals surface area contributed by atoms with Crippen LogP contribution in [0.2, 0.25) is 0 Å². The van der Waals surface area contributed by atoms with Gasteiger partial charge < -0.3 is 15.0 Å². The Bertz CT molecular complexity index is 476. The van der Waals surface area contributed by atoms with E-state index in [9.17, 15) is 0 Å². The molecule has 1 atom stereocenters. The molecule has 2 rings (SSSR count). The molecule has 4 nitrogen and oxygen atoms in total. The summed E-state index contributed by atoms with van der Waals surface area (Å²) in [5, 5.41) is 0. The number of benzene rings is 1. The van der Waals surface area contributed by atoms with Crippen molar-refractivity contribution in [1.82, 2.24) is 9.55 Å². The van der Waals surface area contributed by atoms with Crippen molar-refractivity contribution in [3.05, 3.63) is 48.0 Å². The zero-order chi connectivity index (χ0) is 12.3. The van der Waals surface area contributed by atoms with Crippen LogP contribution in [0.3, 0.4) is 0 Å². The molecule has 0 amide bonds. The summed E-state index contributed by atoms with van der Waals surface area (Å²) in [4.78, 5) is 4.26. The first kappa shape index (κ1) is 11.7. The molecule has 1 aromatic carbocycles. The minimum atomic E-state index is -0.0706. The molecular formula is C13H17N3O. The van der Waals surface area contributed by atoms with Crippen LogP contribution >= 0.6 is 0 Å². The number of aromatic nitrogens is 2. The number of hydrogen-bond donors (Lipinski definition) is 1. The summed E-state index contributed by atoms with van der Waals surface area (Å²) >= 11 is 0. The number of aryl methyl sites for hydroxylation is 1. The highest BCUT2D eigenvalue weighted by atomic mass is 16.5. The number of nitrogens with two attached hydrogens (primary N) is 1. The zero-order valence-corrected chi connectivity index (χ0v) is 10.1. The largest absolute Gasteiger partial charge is 0.483 e. The molecule has 0 radical (unpaired) electrons. The van der Waals surface area contributed by atoms with E-state index in [1.165, 1.54) is 0 Å². The number of ether oxygens (including phenoxy) is 1. The Morgan fingerprint density at radius 2 is 2.06 bits per heavy atom. The molecule has 0 aliphatic heterocycles. The maximum Gasteiger partial charge on any atom is 0.153 e. The highest BCUT2D eigenvalue weighted by Gasteiger charge is 2.11. The van der Waals surface area contributed by atoms with E-state index in [4.69, 9.17) is 10.5 Å². The van der Waals surface area contributed by atoms with Gasteiger partial charge in [-0.15, -0.1) is 0 Å². The van der Waals surface area contributed by atoms with Gasteiger partial charge in [-0.25, -0.2) is 4.98 Å². The van der Waals surface area contributed by atoms with Crippen LogP contribution in [0.15, 0.2) is 36.7 Å². The summed E-state index contributed by atoms with van der Waals surface area (Å²) in [6, 6.07) is 7.81. The van der Waals surface area contributed by atoms with E-state index in [1.807, 2.05) is 49.0 Å². The minimum absolute atomic E-state index is 0.0706. The number of rotatable bonds is 4. The summed E-state index contributed by atoms with van der Waals surface area (Å²) in [6.45, 7) is 2.54. The third kappa shape index (κ3) is 2.65. The Morgan fingerprint density at radius 1 is 1.35 bits per heavy atom. The SMILES string of the molecule is CC(Oc1ccc(CN)cc1)c1nccn1C. The highest BCUT2D eigenvalue weighted by molar-refractivity contribution is 5.27. The molecule has 1 unspecified atom stereocenters. The molecule has 4 heteroatoms. The van der Waals surface area contributed by atoms with Crippen LogP contribution in [0.25, 0.3) is 0 Å². The lowest BCUT2D eigenvalue weighted by Gasteiger charge is -2.14. The van der Waals surface area contributed by atoms with Crippen LogP contribution in [0, 0.1) is 0 Å². The third-order valence-electron chi connectivity index (χ3n) is 2.69. The molecule has 1 aromatic heterocycles. The molecule has 0 fully saturated rings. The first-order chi connectivity index (χ1) is 8.20. The predicted octanol–water partition coefficient (Wildman–Crippen LogP) is 2.02. The van der Waals surface area contributed by atoms with Crippen molar-refractivity contribution in [2.24, 2.45) is 12.8 Å². The van der Waals surface area contributed by atoms with E-state index < -0.39 is 0 Å². The average Bonchev–Trinajstić information content (AvgIpc) is 2.76.